The van der Waals surface area contributed by atoms with Crippen molar-refractivity contribution >= 4 is 39.1 Å². The molecule has 0 saturated carbocycles. The number of aryl methyl sites for hydroxylation is 1. The van der Waals surface area contributed by atoms with Crippen molar-refractivity contribution in [3.05, 3.63) is 83.4 Å². The first kappa shape index (κ1) is 19.8. The minimum absolute atomic E-state index is 0.0932. The number of carbonyl (C=O) groups is 2. The van der Waals surface area contributed by atoms with E-state index in [1.807, 2.05) is 56.3 Å². The molecule has 0 bridgehead atoms. The molecule has 0 spiro atoms. The predicted octanol–water partition coefficient (Wildman–Crippen LogP) is 4.81. The van der Waals surface area contributed by atoms with Gasteiger partial charge < -0.3 is 15.1 Å². The van der Waals surface area contributed by atoms with Gasteiger partial charge in [0.05, 0.1) is 11.0 Å². The average molecular weight is 420 g/mol. The average Bonchev–Trinajstić information content (AvgIpc) is 3.39. The Labute approximate surface area is 178 Å². The molecule has 0 aliphatic rings. The zero-order valence-electron chi connectivity index (χ0n) is 16.6. The fourth-order valence-electron chi connectivity index (χ4n) is 3.22. The van der Waals surface area contributed by atoms with E-state index in [1.54, 1.807) is 18.4 Å². The minimum Gasteiger partial charge on any atom is -0.469 e. The van der Waals surface area contributed by atoms with Crippen LogP contribution in [-0.2, 0) is 6.42 Å². The molecule has 1 atom stereocenters. The predicted molar refractivity (Wildman–Crippen MR) is 118 cm³/mol. The Hall–Kier alpha value is -3.45. The molecular weight excluding hydrogens is 398 g/mol. The van der Waals surface area contributed by atoms with Crippen LogP contribution in [0.3, 0.4) is 0 Å². The lowest BCUT2D eigenvalue weighted by Crippen LogP contribution is -2.34. The van der Waals surface area contributed by atoms with E-state index in [4.69, 9.17) is 4.42 Å². The Morgan fingerprint density at radius 1 is 1.10 bits per heavy atom. The van der Waals surface area contributed by atoms with Gasteiger partial charge in [0.2, 0.25) is 0 Å². The first-order valence-corrected chi connectivity index (χ1v) is 10.4. The molecule has 7 heteroatoms. The van der Waals surface area contributed by atoms with Crippen LogP contribution in [0.25, 0.3) is 10.1 Å². The zero-order valence-corrected chi connectivity index (χ0v) is 17.5. The van der Waals surface area contributed by atoms with Crippen LogP contribution in [0.4, 0.5) is 5.69 Å². The maximum absolute atomic E-state index is 12.8. The standard InChI is InChI=1S/C23H21N3O3S/c1-14-9-10-16(22(27)24-15(2)12-17-6-5-11-29-17)13-19(14)25-23(28)21-18-7-3-4-8-20(18)30-26-21/h3-11,13,15H,12H2,1-2H3,(H,24,27)(H,25,28)/t15-/m0/s1. The number of aromatic nitrogens is 1. The number of carbonyl (C=O) groups excluding carboxylic acids is 2. The van der Waals surface area contributed by atoms with E-state index in [0.29, 0.717) is 23.4 Å². The minimum atomic E-state index is -0.292. The third-order valence-corrected chi connectivity index (χ3v) is 5.63. The van der Waals surface area contributed by atoms with Crippen molar-refractivity contribution in [2.75, 3.05) is 5.32 Å². The van der Waals surface area contributed by atoms with E-state index < -0.39 is 0 Å². The molecule has 152 valence electrons. The van der Waals surface area contributed by atoms with Crippen molar-refractivity contribution in [3.8, 4) is 0 Å². The van der Waals surface area contributed by atoms with Crippen molar-refractivity contribution in [1.29, 1.82) is 0 Å². The summed E-state index contributed by atoms with van der Waals surface area (Å²) in [7, 11) is 0. The van der Waals surface area contributed by atoms with Gasteiger partial charge in [0, 0.05) is 29.1 Å². The van der Waals surface area contributed by atoms with Gasteiger partial charge in [-0.2, -0.15) is 4.37 Å². The topological polar surface area (TPSA) is 84.2 Å². The molecule has 2 aromatic heterocycles. The summed E-state index contributed by atoms with van der Waals surface area (Å²) < 4.78 is 10.6. The Morgan fingerprint density at radius 3 is 2.73 bits per heavy atom. The molecule has 0 saturated heterocycles. The maximum Gasteiger partial charge on any atom is 0.276 e. The lowest BCUT2D eigenvalue weighted by molar-refractivity contribution is 0.0938. The van der Waals surface area contributed by atoms with Crippen LogP contribution in [0.1, 0.15) is 39.1 Å². The van der Waals surface area contributed by atoms with Crippen molar-refractivity contribution in [3.63, 3.8) is 0 Å². The van der Waals surface area contributed by atoms with Crippen LogP contribution in [0.5, 0.6) is 0 Å². The maximum atomic E-state index is 12.8. The van der Waals surface area contributed by atoms with Crippen LogP contribution >= 0.6 is 11.5 Å². The van der Waals surface area contributed by atoms with Crippen molar-refractivity contribution in [2.24, 2.45) is 0 Å². The smallest absolute Gasteiger partial charge is 0.276 e. The Kier molecular flexibility index (Phi) is 5.63. The van der Waals surface area contributed by atoms with Crippen molar-refractivity contribution in [2.45, 2.75) is 26.3 Å². The molecule has 2 aromatic carbocycles. The monoisotopic (exact) mass is 419 g/mol. The summed E-state index contributed by atoms with van der Waals surface area (Å²) in [6.07, 6.45) is 2.22. The highest BCUT2D eigenvalue weighted by Gasteiger charge is 2.17. The largest absolute Gasteiger partial charge is 0.469 e. The summed E-state index contributed by atoms with van der Waals surface area (Å²) in [5.41, 5.74) is 2.31. The molecule has 0 radical (unpaired) electrons. The highest BCUT2D eigenvalue weighted by molar-refractivity contribution is 7.13. The summed E-state index contributed by atoms with van der Waals surface area (Å²) in [5.74, 6) is 0.318. The van der Waals surface area contributed by atoms with Crippen molar-refractivity contribution in [1.82, 2.24) is 9.69 Å². The zero-order chi connectivity index (χ0) is 21.1. The van der Waals surface area contributed by atoms with Gasteiger partial charge in [-0.05, 0) is 61.3 Å². The van der Waals surface area contributed by atoms with Gasteiger partial charge in [0.1, 0.15) is 11.5 Å². The second-order valence-electron chi connectivity index (χ2n) is 7.17. The third-order valence-electron chi connectivity index (χ3n) is 4.81. The van der Waals surface area contributed by atoms with E-state index in [0.717, 1.165) is 21.4 Å². The van der Waals surface area contributed by atoms with Gasteiger partial charge in [-0.25, -0.2) is 0 Å². The number of furan rings is 1. The number of benzene rings is 2. The number of hydrogen-bond acceptors (Lipinski definition) is 5. The van der Waals surface area contributed by atoms with E-state index in [9.17, 15) is 9.59 Å². The quantitative estimate of drug-likeness (QED) is 0.470. The van der Waals surface area contributed by atoms with Gasteiger partial charge in [-0.3, -0.25) is 9.59 Å². The fourth-order valence-corrected chi connectivity index (χ4v) is 3.99. The van der Waals surface area contributed by atoms with Gasteiger partial charge >= 0.3 is 0 Å². The highest BCUT2D eigenvalue weighted by atomic mass is 32.1. The second kappa shape index (κ2) is 8.51. The molecule has 2 amide bonds. The van der Waals surface area contributed by atoms with E-state index in [2.05, 4.69) is 15.0 Å². The number of hydrogen-bond donors (Lipinski definition) is 2. The number of anilines is 1. The lowest BCUT2D eigenvalue weighted by atomic mass is 10.1. The number of nitrogens with one attached hydrogen (secondary N) is 2. The first-order valence-electron chi connectivity index (χ1n) is 9.61. The van der Waals surface area contributed by atoms with Crippen molar-refractivity contribution < 1.29 is 14.0 Å². The number of fused-ring (bicyclic) bond motifs is 1. The molecule has 30 heavy (non-hydrogen) atoms. The summed E-state index contributed by atoms with van der Waals surface area (Å²) in [6.45, 7) is 3.81. The van der Waals surface area contributed by atoms with Crippen LogP contribution in [0.2, 0.25) is 0 Å². The molecule has 0 unspecified atom stereocenters. The second-order valence-corrected chi connectivity index (χ2v) is 7.97. The summed E-state index contributed by atoms with van der Waals surface area (Å²) in [4.78, 5) is 25.5. The molecule has 4 rings (SSSR count). The van der Waals surface area contributed by atoms with E-state index >= 15 is 0 Å². The van der Waals surface area contributed by atoms with E-state index in [1.165, 1.54) is 11.5 Å². The molecule has 2 heterocycles. The Balaban J connectivity index is 1.48. The van der Waals surface area contributed by atoms with Crippen LogP contribution in [0, 0.1) is 6.92 Å². The number of rotatable bonds is 6. The third kappa shape index (κ3) is 4.26. The molecule has 0 aliphatic heterocycles. The van der Waals surface area contributed by atoms with Crippen LogP contribution < -0.4 is 10.6 Å². The molecule has 0 aliphatic carbocycles. The van der Waals surface area contributed by atoms with Gasteiger partial charge in [0.15, 0.2) is 0 Å². The molecule has 4 aromatic rings. The summed E-state index contributed by atoms with van der Waals surface area (Å²) in [5, 5.41) is 6.68. The van der Waals surface area contributed by atoms with Gasteiger partial charge in [-0.15, -0.1) is 0 Å². The van der Waals surface area contributed by atoms with Crippen LogP contribution in [0.15, 0.2) is 65.3 Å². The number of amides is 2. The summed E-state index contributed by atoms with van der Waals surface area (Å²) in [6, 6.07) is 16.5. The highest BCUT2D eigenvalue weighted by Crippen LogP contribution is 2.24. The molecular formula is C23H21N3O3S. The SMILES string of the molecule is Cc1ccc(C(=O)N[C@@H](C)Cc2ccco2)cc1NC(=O)c1nsc2ccccc12. The Morgan fingerprint density at radius 2 is 1.93 bits per heavy atom. The first-order chi connectivity index (χ1) is 14.5. The van der Waals surface area contributed by atoms with E-state index in [-0.39, 0.29) is 17.9 Å². The fraction of sp³-hybridized carbons (Fsp3) is 0.174. The van der Waals surface area contributed by atoms with Gasteiger partial charge in [-0.1, -0.05) is 24.3 Å². The van der Waals surface area contributed by atoms with Crippen LogP contribution in [-0.4, -0.2) is 22.2 Å². The molecule has 2 N–H and O–H groups in total. The molecule has 6 nitrogen and oxygen atoms in total. The van der Waals surface area contributed by atoms with Gasteiger partial charge in [0.25, 0.3) is 11.8 Å². The summed E-state index contributed by atoms with van der Waals surface area (Å²) >= 11 is 1.29. The number of nitrogens with zero attached hydrogens (tertiary/aromatic N) is 1. The molecule has 0 fully saturated rings. The Bertz CT molecular complexity index is 1200. The lowest BCUT2D eigenvalue weighted by Gasteiger charge is -2.14. The normalized spacial score (nSPS) is 11.9.